The summed E-state index contributed by atoms with van der Waals surface area (Å²) in [6.07, 6.45) is 4.79. The van der Waals surface area contributed by atoms with Crippen molar-refractivity contribution in [1.82, 2.24) is 10.6 Å². The first-order valence-electron chi connectivity index (χ1n) is 8.14. The van der Waals surface area contributed by atoms with Crippen LogP contribution in [0.1, 0.15) is 52.4 Å². The molecule has 0 aliphatic carbocycles. The maximum Gasteiger partial charge on any atom is 0.408 e. The van der Waals surface area contributed by atoms with Crippen LogP contribution in [0.4, 0.5) is 4.79 Å². The third-order valence-corrected chi connectivity index (χ3v) is 5.09. The second-order valence-corrected chi connectivity index (χ2v) is 7.00. The van der Waals surface area contributed by atoms with Crippen LogP contribution in [0, 0.1) is 0 Å². The van der Waals surface area contributed by atoms with Crippen LogP contribution in [-0.4, -0.2) is 41.2 Å². The summed E-state index contributed by atoms with van der Waals surface area (Å²) in [7, 11) is 0. The van der Waals surface area contributed by atoms with E-state index in [1.54, 1.807) is 6.92 Å². The highest BCUT2D eigenvalue weighted by Gasteiger charge is 2.63. The quantitative estimate of drug-likeness (QED) is 0.388. The molecule has 0 bridgehead atoms. The van der Waals surface area contributed by atoms with Gasteiger partial charge in [-0.2, -0.15) is 0 Å². The van der Waals surface area contributed by atoms with Crippen molar-refractivity contribution < 1.29 is 19.1 Å². The minimum atomic E-state index is -0.998. The van der Waals surface area contributed by atoms with E-state index in [2.05, 4.69) is 17.6 Å². The van der Waals surface area contributed by atoms with Crippen LogP contribution in [0.5, 0.6) is 0 Å². The summed E-state index contributed by atoms with van der Waals surface area (Å²) < 4.78 is 3.80. The molecule has 1 heterocycles. The van der Waals surface area contributed by atoms with Crippen LogP contribution in [-0.2, 0) is 14.3 Å². The first-order valence-corrected chi connectivity index (χ1v) is 9.02. The minimum Gasteiger partial charge on any atom is -0.450 e. The van der Waals surface area contributed by atoms with E-state index in [-0.39, 0.29) is 18.9 Å². The zero-order valence-corrected chi connectivity index (χ0v) is 14.7. The van der Waals surface area contributed by atoms with Gasteiger partial charge in [-0.15, -0.1) is 11.8 Å². The number of hydrogen-bond donors (Lipinski definition) is 3. The summed E-state index contributed by atoms with van der Waals surface area (Å²) in [5.41, 5.74) is 5.24. The van der Waals surface area contributed by atoms with Gasteiger partial charge in [-0.05, 0) is 13.3 Å². The summed E-state index contributed by atoms with van der Waals surface area (Å²) in [6.45, 7) is 4.66. The molecule has 1 aliphatic heterocycles. The second-order valence-electron chi connectivity index (χ2n) is 5.57. The summed E-state index contributed by atoms with van der Waals surface area (Å²) >= 11 is 1.22. The third kappa shape index (κ3) is 6.29. The van der Waals surface area contributed by atoms with Crippen molar-refractivity contribution in [3.8, 4) is 0 Å². The average Bonchev–Trinajstić information content (AvgIpc) is 3.15. The number of amides is 3. The molecule has 1 aliphatic rings. The van der Waals surface area contributed by atoms with E-state index in [1.807, 2.05) is 0 Å². The monoisotopic (exact) mass is 345 g/mol. The number of carbonyl (C=O) groups excluding carboxylic acids is 3. The number of nitrogens with two attached hydrogens (primary N) is 1. The summed E-state index contributed by atoms with van der Waals surface area (Å²) in [5.74, 6) is -0.817. The van der Waals surface area contributed by atoms with Crippen LogP contribution in [0.2, 0.25) is 0 Å². The molecule has 3 amide bonds. The van der Waals surface area contributed by atoms with Gasteiger partial charge in [-0.1, -0.05) is 32.6 Å². The molecule has 0 radical (unpaired) electrons. The number of alkyl carbamates (subject to hydrolysis) is 1. The third-order valence-electron chi connectivity index (χ3n) is 3.61. The topological polar surface area (TPSA) is 111 Å². The smallest absolute Gasteiger partial charge is 0.408 e. The van der Waals surface area contributed by atoms with E-state index in [0.29, 0.717) is 6.54 Å². The predicted octanol–water partition coefficient (Wildman–Crippen LogP) is 1.51. The molecular weight excluding hydrogens is 318 g/mol. The Morgan fingerprint density at radius 3 is 2.48 bits per heavy atom. The number of primary amides is 1. The van der Waals surface area contributed by atoms with E-state index in [0.717, 1.165) is 19.3 Å². The molecule has 0 aromatic heterocycles. The standard InChI is InChI=1S/C15H27N3O4S/c1-3-5-6-7-8-9-17-12(20)15(10-11(16)19)13(23-15)18-14(21)22-4-2/h13H,3-10H2,1-2H3,(H2,16,19)(H,17,20)(H,18,21)/t13?,15-/m0/s1. The Bertz CT molecular complexity index is 433. The molecule has 0 saturated carbocycles. The Kier molecular flexibility index (Phi) is 8.22. The van der Waals surface area contributed by atoms with Crippen molar-refractivity contribution in [1.29, 1.82) is 0 Å². The molecule has 1 unspecified atom stereocenters. The van der Waals surface area contributed by atoms with Gasteiger partial charge in [0.15, 0.2) is 0 Å². The van der Waals surface area contributed by atoms with Crippen molar-refractivity contribution >= 4 is 29.7 Å². The first-order chi connectivity index (χ1) is 11.0. The van der Waals surface area contributed by atoms with Gasteiger partial charge in [0.25, 0.3) is 0 Å². The number of thioether (sulfide) groups is 1. The molecule has 0 aromatic rings. The molecule has 0 aromatic carbocycles. The lowest BCUT2D eigenvalue weighted by Crippen LogP contribution is -2.45. The maximum atomic E-state index is 12.4. The van der Waals surface area contributed by atoms with Gasteiger partial charge in [-0.3, -0.25) is 9.59 Å². The van der Waals surface area contributed by atoms with Crippen molar-refractivity contribution in [2.75, 3.05) is 13.2 Å². The first kappa shape index (κ1) is 19.6. The lowest BCUT2D eigenvalue weighted by Gasteiger charge is -2.14. The molecule has 4 N–H and O–H groups in total. The van der Waals surface area contributed by atoms with Crippen LogP contribution in [0.25, 0.3) is 0 Å². The second kappa shape index (κ2) is 9.64. The average molecular weight is 345 g/mol. The van der Waals surface area contributed by atoms with E-state index in [1.165, 1.54) is 24.6 Å². The van der Waals surface area contributed by atoms with Crippen LogP contribution >= 0.6 is 11.8 Å². The molecule has 132 valence electrons. The maximum absolute atomic E-state index is 12.4. The lowest BCUT2D eigenvalue weighted by atomic mass is 10.0. The van der Waals surface area contributed by atoms with Crippen molar-refractivity contribution in [2.45, 2.75) is 62.5 Å². The van der Waals surface area contributed by atoms with Gasteiger partial charge < -0.3 is 21.1 Å². The van der Waals surface area contributed by atoms with Crippen LogP contribution < -0.4 is 16.4 Å². The highest BCUT2D eigenvalue weighted by molar-refractivity contribution is 8.09. The number of rotatable bonds is 11. The Morgan fingerprint density at radius 1 is 1.17 bits per heavy atom. The lowest BCUT2D eigenvalue weighted by molar-refractivity contribution is -0.126. The molecule has 2 atom stereocenters. The van der Waals surface area contributed by atoms with Crippen LogP contribution in [0.15, 0.2) is 0 Å². The molecule has 23 heavy (non-hydrogen) atoms. The Morgan fingerprint density at radius 2 is 1.87 bits per heavy atom. The summed E-state index contributed by atoms with van der Waals surface area (Å²) in [6, 6.07) is 0. The molecule has 1 fully saturated rings. The van der Waals surface area contributed by atoms with Gasteiger partial charge in [0.1, 0.15) is 10.1 Å². The van der Waals surface area contributed by atoms with E-state index in [4.69, 9.17) is 10.5 Å². The largest absolute Gasteiger partial charge is 0.450 e. The highest BCUT2D eigenvalue weighted by atomic mass is 32.2. The molecule has 1 rings (SSSR count). The van der Waals surface area contributed by atoms with E-state index in [9.17, 15) is 14.4 Å². The van der Waals surface area contributed by atoms with Gasteiger partial charge in [0.05, 0.1) is 13.0 Å². The molecule has 7 nitrogen and oxygen atoms in total. The van der Waals surface area contributed by atoms with E-state index < -0.39 is 22.1 Å². The minimum absolute atomic E-state index is 0.101. The normalized spacial score (nSPS) is 22.3. The molecule has 8 heteroatoms. The zero-order valence-electron chi connectivity index (χ0n) is 13.9. The van der Waals surface area contributed by atoms with Crippen molar-refractivity contribution in [3.05, 3.63) is 0 Å². The van der Waals surface area contributed by atoms with Crippen molar-refractivity contribution in [2.24, 2.45) is 5.73 Å². The molecular formula is C15H27N3O4S. The Labute approximate surface area is 141 Å². The van der Waals surface area contributed by atoms with Gasteiger partial charge >= 0.3 is 6.09 Å². The number of nitrogens with one attached hydrogen (secondary N) is 2. The number of hydrogen-bond acceptors (Lipinski definition) is 5. The summed E-state index contributed by atoms with van der Waals surface area (Å²) in [4.78, 5) is 35.1. The Hall–Kier alpha value is -1.44. The van der Waals surface area contributed by atoms with E-state index >= 15 is 0 Å². The molecule has 1 saturated heterocycles. The SMILES string of the molecule is CCCCCCCNC(=O)[C@]1(CC(N)=O)SC1NC(=O)OCC. The zero-order chi connectivity index (χ0) is 17.3. The highest BCUT2D eigenvalue weighted by Crippen LogP contribution is 2.54. The van der Waals surface area contributed by atoms with Crippen LogP contribution in [0.3, 0.4) is 0 Å². The number of carbonyl (C=O) groups is 3. The number of unbranched alkanes of at least 4 members (excludes halogenated alkanes) is 4. The number of ether oxygens (including phenoxy) is 1. The Balaban J connectivity index is 2.44. The van der Waals surface area contributed by atoms with Gasteiger partial charge in [-0.25, -0.2) is 4.79 Å². The fraction of sp³-hybridized carbons (Fsp3) is 0.800. The van der Waals surface area contributed by atoms with Gasteiger partial charge in [0, 0.05) is 6.54 Å². The predicted molar refractivity (Wildman–Crippen MR) is 89.8 cm³/mol. The molecule has 0 spiro atoms. The summed E-state index contributed by atoms with van der Waals surface area (Å²) in [5, 5.41) is 4.95. The fourth-order valence-corrected chi connectivity index (χ4v) is 3.49. The van der Waals surface area contributed by atoms with Crippen molar-refractivity contribution in [3.63, 3.8) is 0 Å². The van der Waals surface area contributed by atoms with Gasteiger partial charge in [0.2, 0.25) is 11.8 Å². The fourth-order valence-electron chi connectivity index (χ4n) is 2.33.